The number of unbranched alkanes of at least 4 members (excludes halogenated alkanes) is 2. The van der Waals surface area contributed by atoms with E-state index in [1.807, 2.05) is 0 Å². The van der Waals surface area contributed by atoms with E-state index in [2.05, 4.69) is 23.8 Å². The molecule has 1 heterocycles. The van der Waals surface area contributed by atoms with Crippen LogP contribution in [-0.4, -0.2) is 55.6 Å². The van der Waals surface area contributed by atoms with Crippen LogP contribution in [0.3, 0.4) is 0 Å². The van der Waals surface area contributed by atoms with Crippen LogP contribution >= 0.6 is 0 Å². The molecule has 90 valence electrons. The number of nitrogens with zero attached hydrogens (tertiary/aromatic N) is 2. The third-order valence-electron chi connectivity index (χ3n) is 3.33. The predicted molar refractivity (Wildman–Crippen MR) is 66.1 cm³/mol. The minimum absolute atomic E-state index is 0.718. The van der Waals surface area contributed by atoms with Crippen LogP contribution in [0.5, 0.6) is 0 Å². The maximum absolute atomic E-state index is 5.50. The molecule has 0 aromatic carbocycles. The highest BCUT2D eigenvalue weighted by Gasteiger charge is 2.18. The van der Waals surface area contributed by atoms with Crippen molar-refractivity contribution in [3.05, 3.63) is 0 Å². The van der Waals surface area contributed by atoms with Crippen LogP contribution in [0.25, 0.3) is 0 Å². The van der Waals surface area contributed by atoms with Crippen molar-refractivity contribution in [3.8, 4) is 0 Å². The molecular formula is C12H27N3. The Morgan fingerprint density at radius 3 is 2.73 bits per heavy atom. The van der Waals surface area contributed by atoms with Gasteiger partial charge in [-0.2, -0.15) is 0 Å². The summed E-state index contributed by atoms with van der Waals surface area (Å²) in [5.41, 5.74) is 5.50. The molecular weight excluding hydrogens is 186 g/mol. The van der Waals surface area contributed by atoms with E-state index in [0.29, 0.717) is 0 Å². The van der Waals surface area contributed by atoms with Crippen molar-refractivity contribution >= 4 is 0 Å². The Hall–Kier alpha value is -0.120. The van der Waals surface area contributed by atoms with Gasteiger partial charge in [0.1, 0.15) is 0 Å². The lowest BCUT2D eigenvalue weighted by Gasteiger charge is -2.27. The Bertz CT molecular complexity index is 161. The zero-order valence-electron chi connectivity index (χ0n) is 10.4. The molecule has 15 heavy (non-hydrogen) atoms. The van der Waals surface area contributed by atoms with Crippen LogP contribution < -0.4 is 5.73 Å². The number of rotatable bonds is 5. The molecule has 0 radical (unpaired) electrons. The second kappa shape index (κ2) is 7.20. The average Bonchev–Trinajstić information content (AvgIpc) is 2.35. The Morgan fingerprint density at radius 2 is 2.00 bits per heavy atom. The van der Waals surface area contributed by atoms with Gasteiger partial charge in [-0.05, 0) is 59.4 Å². The highest BCUT2D eigenvalue weighted by atomic mass is 15.2. The van der Waals surface area contributed by atoms with Gasteiger partial charge < -0.3 is 10.6 Å². The van der Waals surface area contributed by atoms with Crippen molar-refractivity contribution in [3.63, 3.8) is 0 Å². The van der Waals surface area contributed by atoms with Crippen molar-refractivity contribution in [2.24, 2.45) is 5.73 Å². The van der Waals surface area contributed by atoms with E-state index in [9.17, 15) is 0 Å². The fourth-order valence-corrected chi connectivity index (χ4v) is 2.39. The maximum Gasteiger partial charge on any atom is 0.0194 e. The Morgan fingerprint density at radius 1 is 1.20 bits per heavy atom. The van der Waals surface area contributed by atoms with Crippen LogP contribution in [0, 0.1) is 0 Å². The van der Waals surface area contributed by atoms with E-state index in [0.717, 1.165) is 12.6 Å². The highest BCUT2D eigenvalue weighted by molar-refractivity contribution is 4.74. The first-order chi connectivity index (χ1) is 7.24. The lowest BCUT2D eigenvalue weighted by Crippen LogP contribution is -2.38. The average molecular weight is 213 g/mol. The van der Waals surface area contributed by atoms with E-state index < -0.39 is 0 Å². The minimum atomic E-state index is 0.718. The topological polar surface area (TPSA) is 32.5 Å². The van der Waals surface area contributed by atoms with Crippen molar-refractivity contribution in [1.29, 1.82) is 0 Å². The SMILES string of the molecule is CC1CN(C)CCCN1CCCCCN. The Kier molecular flexibility index (Phi) is 6.22. The van der Waals surface area contributed by atoms with Crippen LogP contribution in [0.4, 0.5) is 0 Å². The molecule has 0 bridgehead atoms. The van der Waals surface area contributed by atoms with Gasteiger partial charge in [0.2, 0.25) is 0 Å². The molecule has 1 atom stereocenters. The van der Waals surface area contributed by atoms with Crippen LogP contribution in [0.15, 0.2) is 0 Å². The summed E-state index contributed by atoms with van der Waals surface area (Å²) in [6, 6.07) is 0.718. The maximum atomic E-state index is 5.50. The minimum Gasteiger partial charge on any atom is -0.330 e. The fourth-order valence-electron chi connectivity index (χ4n) is 2.39. The third-order valence-corrected chi connectivity index (χ3v) is 3.33. The summed E-state index contributed by atoms with van der Waals surface area (Å²) in [6.45, 7) is 8.20. The van der Waals surface area contributed by atoms with Crippen LogP contribution in [0.2, 0.25) is 0 Å². The van der Waals surface area contributed by atoms with Gasteiger partial charge in [0.05, 0.1) is 0 Å². The van der Waals surface area contributed by atoms with Gasteiger partial charge in [-0.15, -0.1) is 0 Å². The molecule has 2 N–H and O–H groups in total. The number of hydrogen-bond donors (Lipinski definition) is 1. The van der Waals surface area contributed by atoms with E-state index in [-0.39, 0.29) is 0 Å². The fraction of sp³-hybridized carbons (Fsp3) is 1.00. The van der Waals surface area contributed by atoms with Gasteiger partial charge >= 0.3 is 0 Å². The van der Waals surface area contributed by atoms with Gasteiger partial charge in [0.15, 0.2) is 0 Å². The summed E-state index contributed by atoms with van der Waals surface area (Å²) in [6.07, 6.45) is 5.10. The molecule has 1 fully saturated rings. The summed E-state index contributed by atoms with van der Waals surface area (Å²) < 4.78 is 0. The van der Waals surface area contributed by atoms with Crippen LogP contribution in [0.1, 0.15) is 32.6 Å². The van der Waals surface area contributed by atoms with E-state index in [4.69, 9.17) is 5.73 Å². The first-order valence-electron chi connectivity index (χ1n) is 6.36. The molecule has 0 saturated carbocycles. The van der Waals surface area contributed by atoms with Gasteiger partial charge in [-0.1, -0.05) is 6.42 Å². The monoisotopic (exact) mass is 213 g/mol. The van der Waals surface area contributed by atoms with E-state index in [1.165, 1.54) is 51.9 Å². The molecule has 1 unspecified atom stereocenters. The lowest BCUT2D eigenvalue weighted by molar-refractivity contribution is 0.198. The molecule has 0 spiro atoms. The van der Waals surface area contributed by atoms with Gasteiger partial charge in [0, 0.05) is 12.6 Å². The van der Waals surface area contributed by atoms with Crippen molar-refractivity contribution in [2.45, 2.75) is 38.6 Å². The standard InChI is InChI=1S/C12H27N3/c1-12-11-14(2)8-6-10-15(12)9-5-3-4-7-13/h12H,3-11,13H2,1-2H3. The van der Waals surface area contributed by atoms with Crippen LogP contribution in [-0.2, 0) is 0 Å². The first kappa shape index (κ1) is 12.9. The molecule has 0 amide bonds. The molecule has 1 aliphatic rings. The van der Waals surface area contributed by atoms with E-state index in [1.54, 1.807) is 0 Å². The highest BCUT2D eigenvalue weighted by Crippen LogP contribution is 2.09. The normalized spacial score (nSPS) is 25.4. The molecule has 0 aliphatic carbocycles. The molecule has 1 saturated heterocycles. The Labute approximate surface area is 94.6 Å². The van der Waals surface area contributed by atoms with Crippen molar-refractivity contribution in [1.82, 2.24) is 9.80 Å². The summed E-state index contributed by atoms with van der Waals surface area (Å²) in [5, 5.41) is 0. The van der Waals surface area contributed by atoms with Crippen molar-refractivity contribution in [2.75, 3.05) is 39.8 Å². The Balaban J connectivity index is 2.20. The molecule has 3 nitrogen and oxygen atoms in total. The van der Waals surface area contributed by atoms with Gasteiger partial charge in [-0.3, -0.25) is 4.90 Å². The zero-order chi connectivity index (χ0) is 11.1. The summed E-state index contributed by atoms with van der Waals surface area (Å²) in [7, 11) is 2.23. The third kappa shape index (κ3) is 4.96. The smallest absolute Gasteiger partial charge is 0.0194 e. The van der Waals surface area contributed by atoms with E-state index >= 15 is 0 Å². The molecule has 1 rings (SSSR count). The quantitative estimate of drug-likeness (QED) is 0.695. The summed E-state index contributed by atoms with van der Waals surface area (Å²) in [5.74, 6) is 0. The number of hydrogen-bond acceptors (Lipinski definition) is 3. The molecule has 1 aliphatic heterocycles. The first-order valence-corrected chi connectivity index (χ1v) is 6.36. The van der Waals surface area contributed by atoms with Crippen molar-refractivity contribution < 1.29 is 0 Å². The molecule has 0 aromatic heterocycles. The van der Waals surface area contributed by atoms with Gasteiger partial charge in [0.25, 0.3) is 0 Å². The summed E-state index contributed by atoms with van der Waals surface area (Å²) in [4.78, 5) is 5.09. The summed E-state index contributed by atoms with van der Waals surface area (Å²) >= 11 is 0. The number of likely N-dealkylation sites (N-methyl/N-ethyl adjacent to an activating group) is 1. The lowest BCUT2D eigenvalue weighted by atomic mass is 10.2. The zero-order valence-corrected chi connectivity index (χ0v) is 10.4. The second-order valence-electron chi connectivity index (χ2n) is 4.85. The molecule has 0 aromatic rings. The predicted octanol–water partition coefficient (Wildman–Crippen LogP) is 1.14. The number of nitrogens with two attached hydrogens (primary N) is 1. The van der Waals surface area contributed by atoms with Gasteiger partial charge in [-0.25, -0.2) is 0 Å². The second-order valence-corrected chi connectivity index (χ2v) is 4.85. The molecule has 3 heteroatoms. The largest absolute Gasteiger partial charge is 0.330 e.